The fourth-order valence-corrected chi connectivity index (χ4v) is 4.24. The summed E-state index contributed by atoms with van der Waals surface area (Å²) in [4.78, 5) is 0. The lowest BCUT2D eigenvalue weighted by atomic mass is 9.85. The largest absolute Gasteiger partial charge is 0.207 e. The molecule has 5 aromatic rings. The van der Waals surface area contributed by atoms with E-state index >= 15 is 8.78 Å². The second kappa shape index (κ2) is 7.83. The molecule has 0 spiro atoms. The van der Waals surface area contributed by atoms with Crippen LogP contribution in [0.3, 0.4) is 0 Å². The maximum Gasteiger partial charge on any atom is 0.200 e. The Balaban J connectivity index is 2.15. The molecule has 8 heteroatoms. The molecule has 5 rings (SSSR count). The van der Waals surface area contributed by atoms with Gasteiger partial charge in [-0.1, -0.05) is 36.4 Å². The molecule has 0 atom stereocenters. The molecular weight excluding hydrogens is 464 g/mol. The zero-order chi connectivity index (χ0) is 24.3. The van der Waals surface area contributed by atoms with Crippen LogP contribution in [0.1, 0.15) is 0 Å². The van der Waals surface area contributed by atoms with Crippen LogP contribution in [0.5, 0.6) is 0 Å². The molecule has 0 nitrogen and oxygen atoms in total. The Kier molecular flexibility index (Phi) is 5.04. The second-order valence-electron chi connectivity index (χ2n) is 7.53. The zero-order valence-electron chi connectivity index (χ0n) is 16.8. The lowest BCUT2D eigenvalue weighted by Crippen LogP contribution is -2.06. The Labute approximate surface area is 186 Å². The molecule has 0 aliphatic carbocycles. The van der Waals surface area contributed by atoms with Gasteiger partial charge in [0.25, 0.3) is 0 Å². The van der Waals surface area contributed by atoms with Gasteiger partial charge in [0.15, 0.2) is 23.3 Å². The third-order valence-electron chi connectivity index (χ3n) is 5.65. The Morgan fingerprint density at radius 1 is 0.412 bits per heavy atom. The van der Waals surface area contributed by atoms with Crippen molar-refractivity contribution in [2.45, 2.75) is 0 Å². The van der Waals surface area contributed by atoms with E-state index in [1.807, 2.05) is 0 Å². The topological polar surface area (TPSA) is 0 Å². The van der Waals surface area contributed by atoms with Gasteiger partial charge in [0.05, 0.1) is 5.56 Å². The third-order valence-corrected chi connectivity index (χ3v) is 5.65. The summed E-state index contributed by atoms with van der Waals surface area (Å²) in [6.45, 7) is 0. The maximum atomic E-state index is 15.2. The summed E-state index contributed by atoms with van der Waals surface area (Å²) < 4.78 is 116. The molecule has 0 amide bonds. The minimum Gasteiger partial charge on any atom is -0.207 e. The first-order valence-electron chi connectivity index (χ1n) is 9.82. The summed E-state index contributed by atoms with van der Waals surface area (Å²) in [5, 5.41) is -1.55. The summed E-state index contributed by atoms with van der Waals surface area (Å²) in [5.41, 5.74) is -1.91. The summed E-state index contributed by atoms with van der Waals surface area (Å²) in [6, 6.07) is 12.4. The third kappa shape index (κ3) is 3.05. The van der Waals surface area contributed by atoms with E-state index in [1.165, 1.54) is 6.07 Å². The van der Waals surface area contributed by atoms with Crippen molar-refractivity contribution >= 4 is 21.5 Å². The molecule has 0 N–H and O–H groups in total. The Morgan fingerprint density at radius 2 is 0.941 bits per heavy atom. The number of benzene rings is 5. The van der Waals surface area contributed by atoms with Crippen LogP contribution < -0.4 is 0 Å². The fraction of sp³-hybridized carbons (Fsp3) is 0. The van der Waals surface area contributed by atoms with Crippen molar-refractivity contribution in [3.8, 4) is 22.3 Å². The van der Waals surface area contributed by atoms with Crippen LogP contribution in [0, 0.1) is 46.5 Å². The fourth-order valence-electron chi connectivity index (χ4n) is 4.24. The van der Waals surface area contributed by atoms with Crippen LogP contribution in [0.2, 0.25) is 0 Å². The van der Waals surface area contributed by atoms with Gasteiger partial charge in [-0.05, 0) is 40.6 Å². The average Bonchev–Trinajstić information content (AvgIpc) is 2.84. The molecule has 0 aliphatic rings. The van der Waals surface area contributed by atoms with Crippen LogP contribution in [0.15, 0.2) is 60.7 Å². The predicted octanol–water partition coefficient (Wildman–Crippen LogP) is 8.44. The highest BCUT2D eigenvalue weighted by atomic mass is 19.2. The van der Waals surface area contributed by atoms with E-state index in [0.29, 0.717) is 11.6 Å². The number of rotatable bonds is 2. The molecule has 0 saturated carbocycles. The van der Waals surface area contributed by atoms with Crippen molar-refractivity contribution < 1.29 is 35.1 Å². The van der Waals surface area contributed by atoms with Gasteiger partial charge in [-0.15, -0.1) is 0 Å². The van der Waals surface area contributed by atoms with E-state index in [2.05, 4.69) is 0 Å². The molecule has 0 heterocycles. The van der Waals surface area contributed by atoms with Crippen molar-refractivity contribution in [3.63, 3.8) is 0 Å². The van der Waals surface area contributed by atoms with Crippen LogP contribution in [0.25, 0.3) is 43.8 Å². The van der Waals surface area contributed by atoms with Gasteiger partial charge < -0.3 is 0 Å². The highest BCUT2D eigenvalue weighted by Gasteiger charge is 2.31. The van der Waals surface area contributed by atoms with Gasteiger partial charge in [0.1, 0.15) is 17.5 Å². The second-order valence-corrected chi connectivity index (χ2v) is 7.53. The van der Waals surface area contributed by atoms with Crippen molar-refractivity contribution in [2.24, 2.45) is 0 Å². The van der Waals surface area contributed by atoms with Crippen LogP contribution in [0.4, 0.5) is 35.1 Å². The van der Waals surface area contributed by atoms with E-state index < -0.39 is 68.4 Å². The molecule has 0 saturated heterocycles. The molecule has 0 unspecified atom stereocenters. The highest BCUT2D eigenvalue weighted by molar-refractivity contribution is 6.21. The summed E-state index contributed by atoms with van der Waals surface area (Å²) in [6.07, 6.45) is 0. The van der Waals surface area contributed by atoms with Crippen LogP contribution >= 0.6 is 0 Å². The molecule has 0 bridgehead atoms. The minimum absolute atomic E-state index is 0.0172. The number of fused-ring (bicyclic) bond motifs is 2. The Morgan fingerprint density at radius 3 is 1.53 bits per heavy atom. The van der Waals surface area contributed by atoms with Gasteiger partial charge in [-0.3, -0.25) is 0 Å². The van der Waals surface area contributed by atoms with Crippen molar-refractivity contribution in [1.29, 1.82) is 0 Å². The maximum absolute atomic E-state index is 15.2. The van der Waals surface area contributed by atoms with Crippen molar-refractivity contribution in [2.75, 3.05) is 0 Å². The van der Waals surface area contributed by atoms with Gasteiger partial charge in [-0.2, -0.15) is 0 Å². The van der Waals surface area contributed by atoms with Crippen LogP contribution in [-0.4, -0.2) is 0 Å². The number of halogens is 8. The molecule has 0 radical (unpaired) electrons. The normalized spacial score (nSPS) is 11.5. The number of hydrogen-bond acceptors (Lipinski definition) is 0. The smallest absolute Gasteiger partial charge is 0.200 e. The van der Waals surface area contributed by atoms with E-state index in [-0.39, 0.29) is 16.3 Å². The van der Waals surface area contributed by atoms with E-state index in [9.17, 15) is 26.3 Å². The van der Waals surface area contributed by atoms with Crippen LogP contribution in [-0.2, 0) is 0 Å². The molecule has 0 fully saturated rings. The molecule has 170 valence electrons. The Hall–Kier alpha value is -3.94. The molecule has 5 aromatic carbocycles. The monoisotopic (exact) mass is 474 g/mol. The summed E-state index contributed by atoms with van der Waals surface area (Å²) in [7, 11) is 0. The zero-order valence-corrected chi connectivity index (χ0v) is 16.8. The van der Waals surface area contributed by atoms with E-state index in [0.717, 1.165) is 18.2 Å². The molecular formula is C26H10F8. The summed E-state index contributed by atoms with van der Waals surface area (Å²) >= 11 is 0. The van der Waals surface area contributed by atoms with Crippen molar-refractivity contribution in [3.05, 3.63) is 107 Å². The Bertz CT molecular complexity index is 1600. The predicted molar refractivity (Wildman–Crippen MR) is 112 cm³/mol. The molecule has 0 aromatic heterocycles. The lowest BCUT2D eigenvalue weighted by molar-refractivity contribution is 0.381. The SMILES string of the molecule is Fc1ccc2c(-c3ccccc3)c3c(F)ccc(F)c3c(-c3c(F)c(F)c(F)c(F)c3F)c2c1. The molecule has 0 aliphatic heterocycles. The number of hydrogen-bond donors (Lipinski definition) is 0. The van der Waals surface area contributed by atoms with Gasteiger partial charge in [0.2, 0.25) is 5.82 Å². The first-order valence-corrected chi connectivity index (χ1v) is 9.82. The van der Waals surface area contributed by atoms with Gasteiger partial charge >= 0.3 is 0 Å². The minimum atomic E-state index is -2.41. The quantitative estimate of drug-likeness (QED) is 0.104. The van der Waals surface area contributed by atoms with Crippen molar-refractivity contribution in [1.82, 2.24) is 0 Å². The van der Waals surface area contributed by atoms with Gasteiger partial charge in [-0.25, -0.2) is 35.1 Å². The molecule has 34 heavy (non-hydrogen) atoms. The van der Waals surface area contributed by atoms with E-state index in [4.69, 9.17) is 0 Å². The average molecular weight is 474 g/mol. The summed E-state index contributed by atoms with van der Waals surface area (Å²) in [5.74, 6) is -14.6. The highest BCUT2D eigenvalue weighted by Crippen LogP contribution is 2.47. The van der Waals surface area contributed by atoms with Gasteiger partial charge in [0, 0.05) is 21.9 Å². The van der Waals surface area contributed by atoms with E-state index in [1.54, 1.807) is 30.3 Å². The first-order chi connectivity index (χ1) is 16.2. The lowest BCUT2D eigenvalue weighted by Gasteiger charge is -2.19. The standard InChI is InChI=1S/C26H10F8/c27-12-6-7-13-14(10-12)18(21-22(30)24(32)26(34)25(33)23(21)31)20-16(29)9-8-15(28)19(20)17(13)11-4-2-1-3-5-11/h1-10H. The first kappa shape index (κ1) is 21.9.